The Hall–Kier alpha value is -2.20. The number of rotatable bonds is 7. The lowest BCUT2D eigenvalue weighted by Gasteiger charge is -2.38. The van der Waals surface area contributed by atoms with Gasteiger partial charge in [-0.2, -0.15) is 0 Å². The van der Waals surface area contributed by atoms with E-state index in [9.17, 15) is 24.9 Å². The van der Waals surface area contributed by atoms with Gasteiger partial charge in [-0.25, -0.2) is 4.79 Å². The molecule has 0 aromatic heterocycles. The maximum Gasteiger partial charge on any atom is 0.335 e. The minimum Gasteiger partial charge on any atom is -0.479 e. The number of ether oxygens (including phenoxy) is 3. The predicted molar refractivity (Wildman–Crippen MR) is 90.9 cm³/mol. The van der Waals surface area contributed by atoms with Gasteiger partial charge in [0.1, 0.15) is 30.7 Å². The number of aliphatic carboxylic acids is 1. The fourth-order valence-electron chi connectivity index (χ4n) is 2.73. The molecule has 4 N–H and O–H groups in total. The summed E-state index contributed by atoms with van der Waals surface area (Å²) in [5.74, 6) is -1.77. The Labute approximate surface area is 156 Å². The Morgan fingerprint density at radius 2 is 1.85 bits per heavy atom. The topological polar surface area (TPSA) is 143 Å². The van der Waals surface area contributed by atoms with Crippen molar-refractivity contribution in [1.82, 2.24) is 0 Å². The predicted octanol–water partition coefficient (Wildman–Crippen LogP) is -0.0268. The summed E-state index contributed by atoms with van der Waals surface area (Å²) in [4.78, 5) is 22.3. The van der Waals surface area contributed by atoms with Crippen LogP contribution in [0, 0.1) is 0 Å². The van der Waals surface area contributed by atoms with Crippen molar-refractivity contribution in [3.63, 3.8) is 0 Å². The van der Waals surface area contributed by atoms with E-state index < -0.39 is 42.6 Å². The van der Waals surface area contributed by atoms with Gasteiger partial charge in [0.05, 0.1) is 0 Å². The number of hydrogen-bond acceptors (Lipinski definition) is 8. The van der Waals surface area contributed by atoms with E-state index in [2.05, 4.69) is 0 Å². The van der Waals surface area contributed by atoms with Gasteiger partial charge >= 0.3 is 11.9 Å². The number of benzene rings is 1. The Balaban J connectivity index is 2.27. The van der Waals surface area contributed by atoms with Crippen molar-refractivity contribution < 1.29 is 44.2 Å². The summed E-state index contributed by atoms with van der Waals surface area (Å²) >= 11 is 0. The highest BCUT2D eigenvalue weighted by molar-refractivity contribution is 5.73. The molecular weight excluding hydrogens is 360 g/mol. The molecule has 0 radical (unpaired) electrons. The highest BCUT2D eigenvalue weighted by atomic mass is 16.7. The van der Waals surface area contributed by atoms with Crippen LogP contribution in [-0.2, 0) is 32.1 Å². The number of carbonyl (C=O) groups excluding carboxylic acids is 1. The van der Waals surface area contributed by atoms with Gasteiger partial charge in [-0.05, 0) is 18.1 Å². The Morgan fingerprint density at radius 1 is 1.15 bits per heavy atom. The minimum atomic E-state index is -1.80. The number of hydrogen-bond donors (Lipinski definition) is 4. The number of aliphatic hydroxyl groups is 3. The molecule has 0 amide bonds. The molecule has 9 heteroatoms. The van der Waals surface area contributed by atoms with Crippen molar-refractivity contribution in [3.8, 4) is 5.75 Å². The molecule has 1 aromatic rings. The van der Waals surface area contributed by atoms with Crippen LogP contribution in [-0.4, -0.2) is 63.1 Å². The molecule has 1 aliphatic heterocycles. The van der Waals surface area contributed by atoms with E-state index in [4.69, 9.17) is 19.3 Å². The standard InChI is InChI=1S/C18H24O9/c1-3-4-10-5-6-11(8-25-9(2)19)12(7-10)26-18-15(22)13(20)14(21)16(27-18)17(23)24/h5-7,13-16,18,20-22H,3-4,8H2,1-2H3,(H,23,24)/t13-,14-,15+,16-,18+/m0/s1. The first-order chi connectivity index (χ1) is 12.7. The Morgan fingerprint density at radius 3 is 2.44 bits per heavy atom. The van der Waals surface area contributed by atoms with Crippen molar-refractivity contribution in [2.24, 2.45) is 0 Å². The quantitative estimate of drug-likeness (QED) is 0.477. The minimum absolute atomic E-state index is 0.0899. The van der Waals surface area contributed by atoms with E-state index in [0.29, 0.717) is 5.56 Å². The monoisotopic (exact) mass is 384 g/mol. The van der Waals surface area contributed by atoms with Crippen LogP contribution in [0.5, 0.6) is 5.75 Å². The summed E-state index contributed by atoms with van der Waals surface area (Å²) in [6.07, 6.45) is -6.91. The number of carboxylic acids is 1. The van der Waals surface area contributed by atoms with E-state index in [1.165, 1.54) is 6.92 Å². The van der Waals surface area contributed by atoms with Crippen LogP contribution < -0.4 is 4.74 Å². The zero-order chi connectivity index (χ0) is 20.1. The van der Waals surface area contributed by atoms with Crippen LogP contribution in [0.3, 0.4) is 0 Å². The van der Waals surface area contributed by atoms with Crippen LogP contribution in [0.25, 0.3) is 0 Å². The average Bonchev–Trinajstić information content (AvgIpc) is 2.61. The molecule has 0 spiro atoms. The summed E-state index contributed by atoms with van der Waals surface area (Å²) in [5, 5.41) is 38.9. The first kappa shape index (κ1) is 21.1. The molecule has 9 nitrogen and oxygen atoms in total. The normalized spacial score (nSPS) is 27.8. The van der Waals surface area contributed by atoms with Gasteiger partial charge in [0, 0.05) is 12.5 Å². The molecule has 150 valence electrons. The third-order valence-electron chi connectivity index (χ3n) is 4.16. The summed E-state index contributed by atoms with van der Waals surface area (Å²) in [7, 11) is 0. The largest absolute Gasteiger partial charge is 0.479 e. The van der Waals surface area contributed by atoms with Crippen LogP contribution in [0.4, 0.5) is 0 Å². The fraction of sp³-hybridized carbons (Fsp3) is 0.556. The van der Waals surface area contributed by atoms with Crippen LogP contribution in [0.1, 0.15) is 31.4 Å². The van der Waals surface area contributed by atoms with Gasteiger partial charge in [-0.15, -0.1) is 0 Å². The maximum absolute atomic E-state index is 11.2. The summed E-state index contributed by atoms with van der Waals surface area (Å²) in [6, 6.07) is 5.20. The molecule has 2 rings (SSSR count). The van der Waals surface area contributed by atoms with Gasteiger partial charge in [0.25, 0.3) is 0 Å². The first-order valence-electron chi connectivity index (χ1n) is 8.58. The molecule has 5 atom stereocenters. The fourth-order valence-corrected chi connectivity index (χ4v) is 2.73. The van der Waals surface area contributed by atoms with Crippen LogP contribution in [0.2, 0.25) is 0 Å². The molecule has 1 heterocycles. The molecule has 0 saturated carbocycles. The third kappa shape index (κ3) is 5.16. The van der Waals surface area contributed by atoms with Crippen molar-refractivity contribution in [1.29, 1.82) is 0 Å². The second kappa shape index (κ2) is 9.14. The highest BCUT2D eigenvalue weighted by Crippen LogP contribution is 2.28. The second-order valence-corrected chi connectivity index (χ2v) is 6.33. The van der Waals surface area contributed by atoms with Crippen molar-refractivity contribution >= 4 is 11.9 Å². The average molecular weight is 384 g/mol. The lowest BCUT2D eigenvalue weighted by Crippen LogP contribution is -2.61. The zero-order valence-electron chi connectivity index (χ0n) is 15.1. The van der Waals surface area contributed by atoms with E-state index in [1.54, 1.807) is 12.1 Å². The Bertz CT molecular complexity index is 675. The molecule has 1 fully saturated rings. The zero-order valence-corrected chi connectivity index (χ0v) is 15.1. The molecular formula is C18H24O9. The number of aryl methyl sites for hydroxylation is 1. The van der Waals surface area contributed by atoms with E-state index in [-0.39, 0.29) is 12.4 Å². The lowest BCUT2D eigenvalue weighted by molar-refractivity contribution is -0.271. The van der Waals surface area contributed by atoms with E-state index in [1.807, 2.05) is 13.0 Å². The van der Waals surface area contributed by atoms with Gasteiger partial charge in [-0.3, -0.25) is 4.79 Å². The lowest BCUT2D eigenvalue weighted by atomic mass is 9.99. The smallest absolute Gasteiger partial charge is 0.335 e. The van der Waals surface area contributed by atoms with Gasteiger partial charge < -0.3 is 34.6 Å². The SMILES string of the molecule is CCCc1ccc(COC(C)=O)c(O[C@@H]2O[C@H](C(=O)O)[C@@H](O)[C@H](O)[C@H]2O)c1. The van der Waals surface area contributed by atoms with Gasteiger partial charge in [0.2, 0.25) is 6.29 Å². The van der Waals surface area contributed by atoms with Crippen molar-refractivity contribution in [2.75, 3.05) is 0 Å². The molecule has 1 aliphatic rings. The molecule has 0 unspecified atom stereocenters. The summed E-state index contributed by atoms with van der Waals surface area (Å²) in [5.41, 5.74) is 1.40. The third-order valence-corrected chi connectivity index (χ3v) is 4.16. The molecule has 0 bridgehead atoms. The molecule has 1 saturated heterocycles. The van der Waals surface area contributed by atoms with Gasteiger partial charge in [-0.1, -0.05) is 25.5 Å². The number of aliphatic hydroxyl groups excluding tert-OH is 3. The molecule has 1 aromatic carbocycles. The Kier molecular flexibility index (Phi) is 7.14. The van der Waals surface area contributed by atoms with Crippen LogP contribution in [0.15, 0.2) is 18.2 Å². The second-order valence-electron chi connectivity index (χ2n) is 6.33. The van der Waals surface area contributed by atoms with E-state index >= 15 is 0 Å². The van der Waals surface area contributed by atoms with Crippen molar-refractivity contribution in [3.05, 3.63) is 29.3 Å². The van der Waals surface area contributed by atoms with E-state index in [0.717, 1.165) is 18.4 Å². The summed E-state index contributed by atoms with van der Waals surface area (Å²) < 4.78 is 15.7. The van der Waals surface area contributed by atoms with Gasteiger partial charge in [0.15, 0.2) is 6.10 Å². The molecule has 0 aliphatic carbocycles. The van der Waals surface area contributed by atoms with Crippen LogP contribution >= 0.6 is 0 Å². The van der Waals surface area contributed by atoms with Crippen molar-refractivity contribution in [2.45, 2.75) is 64.0 Å². The number of carbonyl (C=O) groups is 2. The first-order valence-corrected chi connectivity index (χ1v) is 8.58. The highest BCUT2D eigenvalue weighted by Gasteiger charge is 2.48. The summed E-state index contributed by atoms with van der Waals surface area (Å²) in [6.45, 7) is 3.17. The number of esters is 1. The maximum atomic E-state index is 11.2. The number of carboxylic acid groups (broad SMARTS) is 1. The molecule has 27 heavy (non-hydrogen) atoms.